The molecule has 6 heteroatoms. The standard InChI is InChI=1S/C35H69NO5/c1-3-5-7-8-9-10-11-12-13-14-15-16-17-18-19-20-21-22-23-24-25-26-27-29-33(39)35(41)36-31(30-37)34(40)32(38)28-6-4-2/h18-19,31-34,37-40H,3-17,20-30H2,1-2H3,(H,36,41)/b19-18-. The van der Waals surface area contributed by atoms with Gasteiger partial charge < -0.3 is 25.7 Å². The van der Waals surface area contributed by atoms with E-state index in [0.717, 1.165) is 32.1 Å². The zero-order valence-corrected chi connectivity index (χ0v) is 27.0. The molecule has 0 aromatic carbocycles. The van der Waals surface area contributed by atoms with Gasteiger partial charge in [-0.25, -0.2) is 0 Å². The maximum atomic E-state index is 12.2. The zero-order chi connectivity index (χ0) is 30.4. The lowest BCUT2D eigenvalue weighted by Gasteiger charge is -2.27. The van der Waals surface area contributed by atoms with Crippen molar-refractivity contribution in [3.63, 3.8) is 0 Å². The van der Waals surface area contributed by atoms with Crippen molar-refractivity contribution in [1.29, 1.82) is 0 Å². The number of aliphatic hydroxyl groups is 4. The number of carbonyl (C=O) groups excluding carboxylic acids is 1. The number of amides is 1. The molecule has 0 aromatic heterocycles. The Hall–Kier alpha value is -0.950. The third-order valence-electron chi connectivity index (χ3n) is 8.23. The first-order valence-electron chi connectivity index (χ1n) is 17.6. The second-order valence-electron chi connectivity index (χ2n) is 12.2. The second kappa shape index (κ2) is 30.5. The molecular formula is C35H69NO5. The summed E-state index contributed by atoms with van der Waals surface area (Å²) in [5.74, 6) is -0.599. The molecule has 4 unspecified atom stereocenters. The fourth-order valence-corrected chi connectivity index (χ4v) is 5.32. The molecule has 0 rings (SSSR count). The number of hydrogen-bond donors (Lipinski definition) is 5. The van der Waals surface area contributed by atoms with E-state index in [-0.39, 0.29) is 0 Å². The van der Waals surface area contributed by atoms with Gasteiger partial charge in [-0.3, -0.25) is 4.79 Å². The second-order valence-corrected chi connectivity index (χ2v) is 12.2. The molecule has 244 valence electrons. The van der Waals surface area contributed by atoms with Gasteiger partial charge in [-0.2, -0.15) is 0 Å². The highest BCUT2D eigenvalue weighted by Gasteiger charge is 2.28. The summed E-state index contributed by atoms with van der Waals surface area (Å²) in [5, 5.41) is 42.3. The Bertz CT molecular complexity index is 585. The molecule has 0 aliphatic heterocycles. The van der Waals surface area contributed by atoms with E-state index in [1.54, 1.807) is 0 Å². The van der Waals surface area contributed by atoms with Crippen LogP contribution in [0.4, 0.5) is 0 Å². The summed E-state index contributed by atoms with van der Waals surface area (Å²) < 4.78 is 0. The van der Waals surface area contributed by atoms with Crippen LogP contribution in [0.25, 0.3) is 0 Å². The van der Waals surface area contributed by atoms with Gasteiger partial charge in [-0.05, 0) is 38.5 Å². The summed E-state index contributed by atoms with van der Waals surface area (Å²) >= 11 is 0. The van der Waals surface area contributed by atoms with Gasteiger partial charge in [0.25, 0.3) is 0 Å². The van der Waals surface area contributed by atoms with Crippen molar-refractivity contribution in [2.24, 2.45) is 0 Å². The molecule has 1 amide bonds. The van der Waals surface area contributed by atoms with Crippen LogP contribution in [0.15, 0.2) is 12.2 Å². The van der Waals surface area contributed by atoms with Gasteiger partial charge in [0.2, 0.25) is 5.91 Å². The Morgan fingerprint density at radius 3 is 1.44 bits per heavy atom. The number of unbranched alkanes of at least 4 members (excludes halogenated alkanes) is 20. The van der Waals surface area contributed by atoms with Crippen molar-refractivity contribution < 1.29 is 25.2 Å². The highest BCUT2D eigenvalue weighted by Crippen LogP contribution is 2.14. The average molecular weight is 584 g/mol. The van der Waals surface area contributed by atoms with Gasteiger partial charge in [0.15, 0.2) is 0 Å². The van der Waals surface area contributed by atoms with Crippen molar-refractivity contribution in [2.75, 3.05) is 6.61 Å². The Balaban J connectivity index is 3.55. The highest BCUT2D eigenvalue weighted by atomic mass is 16.3. The lowest BCUT2D eigenvalue weighted by molar-refractivity contribution is -0.132. The highest BCUT2D eigenvalue weighted by molar-refractivity contribution is 5.80. The van der Waals surface area contributed by atoms with E-state index in [0.29, 0.717) is 12.8 Å². The minimum atomic E-state index is -1.25. The van der Waals surface area contributed by atoms with Crippen LogP contribution < -0.4 is 5.32 Å². The summed E-state index contributed by atoms with van der Waals surface area (Å²) in [6.07, 6.45) is 30.7. The fraction of sp³-hybridized carbons (Fsp3) is 0.914. The number of carbonyl (C=O) groups is 1. The topological polar surface area (TPSA) is 110 Å². The van der Waals surface area contributed by atoms with Gasteiger partial charge in [0, 0.05) is 0 Å². The van der Waals surface area contributed by atoms with Crippen LogP contribution in [0.2, 0.25) is 0 Å². The Morgan fingerprint density at radius 2 is 1.00 bits per heavy atom. The normalized spacial score (nSPS) is 14.8. The lowest BCUT2D eigenvalue weighted by atomic mass is 10.0. The van der Waals surface area contributed by atoms with E-state index in [2.05, 4.69) is 24.4 Å². The molecule has 6 nitrogen and oxygen atoms in total. The summed E-state index contributed by atoms with van der Waals surface area (Å²) in [4.78, 5) is 12.2. The van der Waals surface area contributed by atoms with Crippen LogP contribution in [0.1, 0.15) is 174 Å². The van der Waals surface area contributed by atoms with Crippen LogP contribution in [0, 0.1) is 0 Å². The number of hydrogen-bond acceptors (Lipinski definition) is 5. The van der Waals surface area contributed by atoms with E-state index >= 15 is 0 Å². The summed E-state index contributed by atoms with van der Waals surface area (Å²) in [6.45, 7) is 3.78. The molecule has 5 N–H and O–H groups in total. The van der Waals surface area contributed by atoms with Crippen LogP contribution in [-0.2, 0) is 4.79 Å². The lowest BCUT2D eigenvalue weighted by Crippen LogP contribution is -2.53. The van der Waals surface area contributed by atoms with E-state index in [4.69, 9.17) is 0 Å². The summed E-state index contributed by atoms with van der Waals surface area (Å²) in [7, 11) is 0. The molecule has 0 radical (unpaired) electrons. The van der Waals surface area contributed by atoms with E-state index in [1.165, 1.54) is 116 Å². The van der Waals surface area contributed by atoms with Crippen molar-refractivity contribution in [2.45, 2.75) is 199 Å². The van der Waals surface area contributed by atoms with Crippen LogP contribution in [0.5, 0.6) is 0 Å². The molecule has 0 fully saturated rings. The number of aliphatic hydroxyl groups excluding tert-OH is 4. The Morgan fingerprint density at radius 1 is 0.585 bits per heavy atom. The van der Waals surface area contributed by atoms with Crippen molar-refractivity contribution in [3.8, 4) is 0 Å². The van der Waals surface area contributed by atoms with Crippen molar-refractivity contribution >= 4 is 5.91 Å². The molecular weight excluding hydrogens is 514 g/mol. The molecule has 0 spiro atoms. The number of rotatable bonds is 31. The van der Waals surface area contributed by atoms with Crippen LogP contribution >= 0.6 is 0 Å². The monoisotopic (exact) mass is 584 g/mol. The van der Waals surface area contributed by atoms with E-state index < -0.39 is 36.9 Å². The minimum absolute atomic E-state index is 0.364. The quantitative estimate of drug-likeness (QED) is 0.0421. The van der Waals surface area contributed by atoms with Gasteiger partial charge in [0.1, 0.15) is 12.2 Å². The first-order valence-corrected chi connectivity index (χ1v) is 17.6. The maximum absolute atomic E-state index is 12.2. The van der Waals surface area contributed by atoms with Gasteiger partial charge in [-0.1, -0.05) is 148 Å². The summed E-state index contributed by atoms with van der Waals surface area (Å²) in [5.41, 5.74) is 0. The summed E-state index contributed by atoms with van der Waals surface area (Å²) in [6, 6.07) is -0.978. The van der Waals surface area contributed by atoms with E-state index in [9.17, 15) is 25.2 Å². The zero-order valence-electron chi connectivity index (χ0n) is 27.0. The smallest absolute Gasteiger partial charge is 0.249 e. The molecule has 4 atom stereocenters. The molecule has 0 bridgehead atoms. The van der Waals surface area contributed by atoms with E-state index in [1.807, 2.05) is 6.92 Å². The molecule has 41 heavy (non-hydrogen) atoms. The number of allylic oxidation sites excluding steroid dienone is 2. The molecule has 0 saturated carbocycles. The Labute approximate surface area is 253 Å². The largest absolute Gasteiger partial charge is 0.394 e. The van der Waals surface area contributed by atoms with Gasteiger partial charge >= 0.3 is 0 Å². The molecule has 0 aliphatic carbocycles. The maximum Gasteiger partial charge on any atom is 0.249 e. The van der Waals surface area contributed by atoms with Gasteiger partial charge in [0.05, 0.1) is 18.8 Å². The minimum Gasteiger partial charge on any atom is -0.394 e. The predicted octanol–water partition coefficient (Wildman–Crippen LogP) is 7.89. The average Bonchev–Trinajstić information content (AvgIpc) is 2.98. The van der Waals surface area contributed by atoms with Crippen LogP contribution in [-0.4, -0.2) is 57.3 Å². The third kappa shape index (κ3) is 25.3. The molecule has 0 aliphatic rings. The van der Waals surface area contributed by atoms with Gasteiger partial charge in [-0.15, -0.1) is 0 Å². The SMILES string of the molecule is CCCCCCCCCCCCCC/C=C\CCCCCCCCCC(O)C(=O)NC(CO)C(O)C(O)CCCC. The molecule has 0 heterocycles. The van der Waals surface area contributed by atoms with Crippen LogP contribution in [0.3, 0.4) is 0 Å². The number of nitrogens with one attached hydrogen (secondary N) is 1. The van der Waals surface area contributed by atoms with Crippen molar-refractivity contribution in [1.82, 2.24) is 5.32 Å². The fourth-order valence-electron chi connectivity index (χ4n) is 5.32. The third-order valence-corrected chi connectivity index (χ3v) is 8.23. The molecule has 0 aromatic rings. The van der Waals surface area contributed by atoms with Crippen molar-refractivity contribution in [3.05, 3.63) is 12.2 Å². The first-order chi connectivity index (χ1) is 20.0. The first kappa shape index (κ1) is 40.1. The molecule has 0 saturated heterocycles. The predicted molar refractivity (Wildman–Crippen MR) is 173 cm³/mol. The Kier molecular flexibility index (Phi) is 29.8.